The number of hydrogen-bond donors (Lipinski definition) is 0. The average molecular weight is 547 g/mol. The van der Waals surface area contributed by atoms with Crippen LogP contribution in [0.4, 0.5) is 0 Å². The molecule has 0 aliphatic heterocycles. The van der Waals surface area contributed by atoms with E-state index in [2.05, 4.69) is 48.5 Å². The molecular formula is C36H50S2. The highest BCUT2D eigenvalue weighted by Crippen LogP contribution is 2.52. The summed E-state index contributed by atoms with van der Waals surface area (Å²) in [5, 5.41) is 0. The van der Waals surface area contributed by atoms with Crippen molar-refractivity contribution in [1.29, 1.82) is 0 Å². The summed E-state index contributed by atoms with van der Waals surface area (Å²) in [5.41, 5.74) is 4.25. The first-order valence-corrected chi connectivity index (χ1v) is 18.5. The van der Waals surface area contributed by atoms with Gasteiger partial charge in [0.05, 0.1) is 0 Å². The summed E-state index contributed by atoms with van der Waals surface area (Å²) in [4.78, 5) is 2.81. The van der Waals surface area contributed by atoms with Crippen LogP contribution in [-0.2, 0) is 10.8 Å². The lowest BCUT2D eigenvalue weighted by molar-refractivity contribution is 0.148. The second-order valence-corrected chi connectivity index (χ2v) is 15.6. The van der Waals surface area contributed by atoms with E-state index < -0.39 is 0 Å². The molecule has 0 heterocycles. The van der Waals surface area contributed by atoms with E-state index in [1.165, 1.54) is 138 Å². The van der Waals surface area contributed by atoms with Gasteiger partial charge in [-0.05, 0) is 109 Å². The predicted molar refractivity (Wildman–Crippen MR) is 167 cm³/mol. The van der Waals surface area contributed by atoms with E-state index in [4.69, 9.17) is 0 Å². The molecule has 0 radical (unpaired) electrons. The number of rotatable bonds is 7. The van der Waals surface area contributed by atoms with Crippen LogP contribution in [0.15, 0.2) is 58.3 Å². The van der Waals surface area contributed by atoms with Gasteiger partial charge in [0.15, 0.2) is 0 Å². The first-order chi connectivity index (χ1) is 18.8. The fourth-order valence-corrected chi connectivity index (χ4v) is 11.3. The molecule has 0 amide bonds. The van der Waals surface area contributed by atoms with Crippen LogP contribution in [0.3, 0.4) is 0 Å². The van der Waals surface area contributed by atoms with Gasteiger partial charge in [-0.3, -0.25) is 0 Å². The van der Waals surface area contributed by atoms with Gasteiger partial charge in [0.1, 0.15) is 0 Å². The molecule has 4 saturated carbocycles. The molecule has 2 aromatic rings. The molecule has 4 fully saturated rings. The standard InChI is InChI=1S/C36H50S2/c1-5-13-29(14-6-1)35(25-9-3-10-26-35)31-17-21-33(22-18-31)37-38-34-23-19-32(20-24-34)36(27-11-4-12-28-36)30-15-7-2-8-16-30/h17-24,29-30H,1-16,25-28H2. The Bertz CT molecular complexity index is 899. The van der Waals surface area contributed by atoms with Gasteiger partial charge in [0, 0.05) is 9.79 Å². The highest BCUT2D eigenvalue weighted by Gasteiger charge is 2.42. The zero-order valence-electron chi connectivity index (χ0n) is 23.7. The SMILES string of the molecule is c1cc(C2(C3CCCCC3)CCCCC2)ccc1SSc1ccc(C2(C3CCCCC3)CCCCC2)cc1. The largest absolute Gasteiger partial charge is 0.0573 e. The highest BCUT2D eigenvalue weighted by molar-refractivity contribution is 8.76. The van der Waals surface area contributed by atoms with Crippen molar-refractivity contribution in [2.24, 2.45) is 11.8 Å². The fourth-order valence-electron chi connectivity index (χ4n) is 9.32. The molecule has 0 nitrogen and oxygen atoms in total. The number of benzene rings is 2. The average Bonchev–Trinajstić information content (AvgIpc) is 3.02. The maximum atomic E-state index is 2.52. The molecular weight excluding hydrogens is 497 g/mol. The quantitative estimate of drug-likeness (QED) is 0.317. The topological polar surface area (TPSA) is 0 Å². The molecule has 0 N–H and O–H groups in total. The molecule has 0 atom stereocenters. The molecule has 0 spiro atoms. The monoisotopic (exact) mass is 546 g/mol. The molecule has 0 bridgehead atoms. The van der Waals surface area contributed by atoms with E-state index >= 15 is 0 Å². The summed E-state index contributed by atoms with van der Waals surface area (Å²) in [6, 6.07) is 19.8. The highest BCUT2D eigenvalue weighted by atomic mass is 33.1. The summed E-state index contributed by atoms with van der Waals surface area (Å²) in [6.07, 6.45) is 28.9. The summed E-state index contributed by atoms with van der Waals surface area (Å²) in [6.45, 7) is 0. The van der Waals surface area contributed by atoms with E-state index in [1.54, 1.807) is 11.1 Å². The van der Waals surface area contributed by atoms with Gasteiger partial charge in [-0.2, -0.15) is 0 Å². The Morgan fingerprint density at radius 1 is 0.395 bits per heavy atom. The van der Waals surface area contributed by atoms with Gasteiger partial charge in [0.2, 0.25) is 0 Å². The van der Waals surface area contributed by atoms with Crippen LogP contribution in [0.5, 0.6) is 0 Å². The van der Waals surface area contributed by atoms with E-state index in [1.807, 2.05) is 21.6 Å². The fraction of sp³-hybridized carbons (Fsp3) is 0.667. The zero-order chi connectivity index (χ0) is 25.7. The Labute approximate surface area is 241 Å². The molecule has 0 saturated heterocycles. The van der Waals surface area contributed by atoms with Gasteiger partial charge in [0.25, 0.3) is 0 Å². The van der Waals surface area contributed by atoms with Crippen LogP contribution >= 0.6 is 21.6 Å². The van der Waals surface area contributed by atoms with Gasteiger partial charge in [-0.15, -0.1) is 0 Å². The summed E-state index contributed by atoms with van der Waals surface area (Å²) < 4.78 is 0. The van der Waals surface area contributed by atoms with Gasteiger partial charge >= 0.3 is 0 Å². The smallest absolute Gasteiger partial charge is 0.0186 e. The van der Waals surface area contributed by atoms with Crippen molar-refractivity contribution in [2.75, 3.05) is 0 Å². The Hall–Kier alpha value is -0.860. The molecule has 38 heavy (non-hydrogen) atoms. The molecule has 0 unspecified atom stereocenters. The zero-order valence-corrected chi connectivity index (χ0v) is 25.4. The maximum absolute atomic E-state index is 2.52. The van der Waals surface area contributed by atoms with Crippen LogP contribution < -0.4 is 0 Å². The molecule has 6 rings (SSSR count). The number of hydrogen-bond acceptors (Lipinski definition) is 2. The first kappa shape index (κ1) is 27.3. The van der Waals surface area contributed by atoms with Crippen molar-refractivity contribution >= 4 is 21.6 Å². The van der Waals surface area contributed by atoms with Crippen LogP contribution in [0.2, 0.25) is 0 Å². The third-order valence-electron chi connectivity index (χ3n) is 11.4. The van der Waals surface area contributed by atoms with Crippen molar-refractivity contribution < 1.29 is 0 Å². The minimum absolute atomic E-state index is 0.470. The van der Waals surface area contributed by atoms with E-state index in [0.29, 0.717) is 10.8 Å². The van der Waals surface area contributed by atoms with E-state index in [-0.39, 0.29) is 0 Å². The Morgan fingerprint density at radius 2 is 0.711 bits per heavy atom. The van der Waals surface area contributed by atoms with Crippen molar-refractivity contribution in [3.05, 3.63) is 59.7 Å². The molecule has 206 valence electrons. The molecule has 2 heteroatoms. The lowest BCUT2D eigenvalue weighted by Crippen LogP contribution is -2.38. The van der Waals surface area contributed by atoms with Gasteiger partial charge in [-0.25, -0.2) is 0 Å². The molecule has 4 aliphatic rings. The summed E-state index contributed by atoms with van der Waals surface area (Å²) in [5.74, 6) is 1.84. The minimum atomic E-state index is 0.470. The van der Waals surface area contributed by atoms with E-state index in [9.17, 15) is 0 Å². The molecule has 2 aromatic carbocycles. The van der Waals surface area contributed by atoms with Crippen molar-refractivity contribution in [2.45, 2.75) is 149 Å². The maximum Gasteiger partial charge on any atom is 0.0186 e. The normalized spacial score (nSPS) is 24.7. The van der Waals surface area contributed by atoms with Crippen LogP contribution in [-0.4, -0.2) is 0 Å². The van der Waals surface area contributed by atoms with E-state index in [0.717, 1.165) is 11.8 Å². The third kappa shape index (κ3) is 5.79. The predicted octanol–water partition coefficient (Wildman–Crippen LogP) is 12.1. The molecule has 4 aliphatic carbocycles. The van der Waals surface area contributed by atoms with Crippen LogP contribution in [0, 0.1) is 11.8 Å². The molecule has 0 aromatic heterocycles. The van der Waals surface area contributed by atoms with Crippen molar-refractivity contribution in [1.82, 2.24) is 0 Å². The minimum Gasteiger partial charge on any atom is -0.0573 e. The second-order valence-electron chi connectivity index (χ2n) is 13.3. The van der Waals surface area contributed by atoms with Crippen LogP contribution in [0.25, 0.3) is 0 Å². The lowest BCUT2D eigenvalue weighted by Gasteiger charge is -2.46. The lowest BCUT2D eigenvalue weighted by atomic mass is 9.58. The van der Waals surface area contributed by atoms with Gasteiger partial charge < -0.3 is 0 Å². The van der Waals surface area contributed by atoms with Crippen LogP contribution in [0.1, 0.15) is 140 Å². The summed E-state index contributed by atoms with van der Waals surface area (Å²) >= 11 is 0. The Balaban J connectivity index is 1.12. The first-order valence-electron chi connectivity index (χ1n) is 16.3. The second kappa shape index (κ2) is 12.8. The van der Waals surface area contributed by atoms with Gasteiger partial charge in [-0.1, -0.05) is 123 Å². The third-order valence-corrected chi connectivity index (χ3v) is 13.8. The Kier molecular flexibility index (Phi) is 9.17. The van der Waals surface area contributed by atoms with Crippen molar-refractivity contribution in [3.8, 4) is 0 Å². The Morgan fingerprint density at radius 3 is 1.05 bits per heavy atom. The summed E-state index contributed by atoms with van der Waals surface area (Å²) in [7, 11) is 3.90. The van der Waals surface area contributed by atoms with Crippen molar-refractivity contribution in [3.63, 3.8) is 0 Å².